The van der Waals surface area contributed by atoms with E-state index in [1.807, 2.05) is 36.4 Å². The van der Waals surface area contributed by atoms with Gasteiger partial charge in [0.25, 0.3) is 0 Å². The van der Waals surface area contributed by atoms with E-state index in [2.05, 4.69) is 11.1 Å². The van der Waals surface area contributed by atoms with Crippen molar-refractivity contribution in [3.8, 4) is 11.8 Å². The summed E-state index contributed by atoms with van der Waals surface area (Å²) in [5.74, 6) is 0.745. The lowest BCUT2D eigenvalue weighted by molar-refractivity contribution is 0.414. The van der Waals surface area contributed by atoms with Crippen molar-refractivity contribution in [2.75, 3.05) is 7.11 Å². The number of ether oxygens (including phenoxy) is 1. The Labute approximate surface area is 106 Å². The molecule has 0 aliphatic carbocycles. The van der Waals surface area contributed by atoms with E-state index in [0.717, 1.165) is 16.9 Å². The molecule has 0 unspecified atom stereocenters. The number of methoxy groups -OCH3 is 1. The molecule has 0 fully saturated rings. The number of pyridine rings is 1. The van der Waals surface area contributed by atoms with Crippen LogP contribution < -0.4 is 4.74 Å². The van der Waals surface area contributed by atoms with Gasteiger partial charge >= 0.3 is 0 Å². The van der Waals surface area contributed by atoms with Gasteiger partial charge in [-0.05, 0) is 18.2 Å². The Hall–Kier alpha value is -2.60. The molecular formula is C15H12N2O. The van der Waals surface area contributed by atoms with Gasteiger partial charge < -0.3 is 4.74 Å². The molecule has 88 valence electrons. The van der Waals surface area contributed by atoms with Gasteiger partial charge in [-0.1, -0.05) is 24.3 Å². The fraction of sp³-hybridized carbons (Fsp3) is 0.0667. The second-order valence-corrected chi connectivity index (χ2v) is 3.65. The third-order valence-electron chi connectivity index (χ3n) is 2.53. The average molecular weight is 236 g/mol. The van der Waals surface area contributed by atoms with E-state index in [0.29, 0.717) is 5.57 Å². The van der Waals surface area contributed by atoms with Gasteiger partial charge in [-0.3, -0.25) is 4.98 Å². The highest BCUT2D eigenvalue weighted by molar-refractivity contribution is 5.90. The fourth-order valence-corrected chi connectivity index (χ4v) is 1.64. The fourth-order valence-electron chi connectivity index (χ4n) is 1.64. The Kier molecular flexibility index (Phi) is 3.72. The van der Waals surface area contributed by atoms with Crippen molar-refractivity contribution < 1.29 is 4.74 Å². The predicted molar refractivity (Wildman–Crippen MR) is 70.7 cm³/mol. The normalized spacial score (nSPS) is 10.8. The van der Waals surface area contributed by atoms with Crippen molar-refractivity contribution in [3.05, 3.63) is 59.9 Å². The molecule has 0 bridgehead atoms. The third kappa shape index (κ3) is 2.55. The number of aromatic nitrogens is 1. The lowest BCUT2D eigenvalue weighted by atomic mass is 10.1. The first-order valence-electron chi connectivity index (χ1n) is 5.50. The molecule has 0 saturated carbocycles. The van der Waals surface area contributed by atoms with E-state index in [1.54, 1.807) is 25.6 Å². The highest BCUT2D eigenvalue weighted by atomic mass is 16.5. The molecule has 0 aliphatic heterocycles. The quantitative estimate of drug-likeness (QED) is 0.769. The maximum absolute atomic E-state index is 9.22. The van der Waals surface area contributed by atoms with Crippen LogP contribution in [0, 0.1) is 11.3 Å². The summed E-state index contributed by atoms with van der Waals surface area (Å²) in [5, 5.41) is 9.22. The second-order valence-electron chi connectivity index (χ2n) is 3.65. The number of nitriles is 1. The number of hydrogen-bond acceptors (Lipinski definition) is 3. The first-order chi connectivity index (χ1) is 8.85. The molecule has 3 heteroatoms. The zero-order valence-electron chi connectivity index (χ0n) is 10.00. The smallest absolute Gasteiger partial charge is 0.126 e. The van der Waals surface area contributed by atoms with Crippen LogP contribution in [0.3, 0.4) is 0 Å². The van der Waals surface area contributed by atoms with Crippen LogP contribution in [0.4, 0.5) is 0 Å². The van der Waals surface area contributed by atoms with Crippen LogP contribution in [0.15, 0.2) is 48.8 Å². The van der Waals surface area contributed by atoms with E-state index in [-0.39, 0.29) is 0 Å². The maximum Gasteiger partial charge on any atom is 0.126 e. The monoisotopic (exact) mass is 236 g/mol. The molecule has 0 saturated heterocycles. The van der Waals surface area contributed by atoms with Gasteiger partial charge in [0, 0.05) is 23.5 Å². The Bertz CT molecular complexity index is 597. The first-order valence-corrected chi connectivity index (χ1v) is 5.50. The minimum absolute atomic E-state index is 0.563. The number of nitrogens with zero attached hydrogens (tertiary/aromatic N) is 2. The SMILES string of the molecule is COc1ccccc1/C=C(/C#N)c1cccnc1. The molecule has 2 aromatic rings. The first kappa shape index (κ1) is 11.9. The van der Waals surface area contributed by atoms with Crippen molar-refractivity contribution in [2.24, 2.45) is 0 Å². The van der Waals surface area contributed by atoms with Gasteiger partial charge in [-0.15, -0.1) is 0 Å². The lowest BCUT2D eigenvalue weighted by Gasteiger charge is -2.04. The van der Waals surface area contributed by atoms with Gasteiger partial charge in [-0.25, -0.2) is 0 Å². The molecule has 18 heavy (non-hydrogen) atoms. The number of hydrogen-bond donors (Lipinski definition) is 0. The molecule has 0 N–H and O–H groups in total. The van der Waals surface area contributed by atoms with Gasteiger partial charge in [0.15, 0.2) is 0 Å². The summed E-state index contributed by atoms with van der Waals surface area (Å²) in [5.41, 5.74) is 2.24. The minimum Gasteiger partial charge on any atom is -0.496 e. The van der Waals surface area contributed by atoms with Crippen molar-refractivity contribution in [1.82, 2.24) is 4.98 Å². The van der Waals surface area contributed by atoms with E-state index >= 15 is 0 Å². The van der Waals surface area contributed by atoms with E-state index in [4.69, 9.17) is 4.74 Å². The molecule has 1 heterocycles. The van der Waals surface area contributed by atoms with Gasteiger partial charge in [0.1, 0.15) is 5.75 Å². The Morgan fingerprint density at radius 3 is 2.78 bits per heavy atom. The molecule has 2 rings (SSSR count). The molecule has 0 radical (unpaired) electrons. The molecule has 0 amide bonds. The number of allylic oxidation sites excluding steroid dienone is 1. The minimum atomic E-state index is 0.563. The van der Waals surface area contributed by atoms with Crippen molar-refractivity contribution in [2.45, 2.75) is 0 Å². The Balaban J connectivity index is 2.45. The summed E-state index contributed by atoms with van der Waals surface area (Å²) in [6.07, 6.45) is 5.15. The van der Waals surface area contributed by atoms with Crippen LogP contribution in [-0.2, 0) is 0 Å². The number of rotatable bonds is 3. The zero-order chi connectivity index (χ0) is 12.8. The van der Waals surface area contributed by atoms with Crippen molar-refractivity contribution >= 4 is 11.6 Å². The summed E-state index contributed by atoms with van der Waals surface area (Å²) in [7, 11) is 1.61. The van der Waals surface area contributed by atoms with E-state index in [9.17, 15) is 5.26 Å². The number of para-hydroxylation sites is 1. The topological polar surface area (TPSA) is 45.9 Å². The molecule has 0 spiro atoms. The average Bonchev–Trinajstić information content (AvgIpc) is 2.46. The van der Waals surface area contributed by atoms with Crippen LogP contribution in [0.2, 0.25) is 0 Å². The van der Waals surface area contributed by atoms with Crippen LogP contribution >= 0.6 is 0 Å². The van der Waals surface area contributed by atoms with Crippen LogP contribution in [0.25, 0.3) is 11.6 Å². The Morgan fingerprint density at radius 1 is 1.28 bits per heavy atom. The van der Waals surface area contributed by atoms with Gasteiger partial charge in [0.05, 0.1) is 18.8 Å². The Morgan fingerprint density at radius 2 is 2.11 bits per heavy atom. The van der Waals surface area contributed by atoms with Gasteiger partial charge in [0.2, 0.25) is 0 Å². The second kappa shape index (κ2) is 5.65. The predicted octanol–water partition coefficient (Wildman–Crippen LogP) is 3.15. The highest BCUT2D eigenvalue weighted by Gasteiger charge is 2.03. The van der Waals surface area contributed by atoms with Crippen LogP contribution in [0.1, 0.15) is 11.1 Å². The molecular weight excluding hydrogens is 224 g/mol. The largest absolute Gasteiger partial charge is 0.496 e. The van der Waals surface area contributed by atoms with E-state index in [1.165, 1.54) is 0 Å². The maximum atomic E-state index is 9.22. The summed E-state index contributed by atoms with van der Waals surface area (Å²) < 4.78 is 5.26. The third-order valence-corrected chi connectivity index (χ3v) is 2.53. The van der Waals surface area contributed by atoms with E-state index < -0.39 is 0 Å². The molecule has 0 atom stereocenters. The molecule has 3 nitrogen and oxygen atoms in total. The summed E-state index contributed by atoms with van der Waals surface area (Å²) in [4.78, 5) is 4.01. The standard InChI is InChI=1S/C15H12N2O/c1-18-15-7-3-2-5-12(15)9-14(10-16)13-6-4-8-17-11-13/h2-9,11H,1H3/b14-9-. The highest BCUT2D eigenvalue weighted by Crippen LogP contribution is 2.23. The molecule has 1 aromatic heterocycles. The number of benzene rings is 1. The molecule has 1 aromatic carbocycles. The van der Waals surface area contributed by atoms with Crippen LogP contribution in [0.5, 0.6) is 5.75 Å². The van der Waals surface area contributed by atoms with Crippen LogP contribution in [-0.4, -0.2) is 12.1 Å². The summed E-state index contributed by atoms with van der Waals surface area (Å²) in [6.45, 7) is 0. The zero-order valence-corrected chi connectivity index (χ0v) is 10.00. The summed E-state index contributed by atoms with van der Waals surface area (Å²) >= 11 is 0. The summed E-state index contributed by atoms with van der Waals surface area (Å²) in [6, 6.07) is 13.4. The lowest BCUT2D eigenvalue weighted by Crippen LogP contribution is -1.88. The van der Waals surface area contributed by atoms with Crippen molar-refractivity contribution in [3.63, 3.8) is 0 Å². The van der Waals surface area contributed by atoms with Crippen molar-refractivity contribution in [1.29, 1.82) is 5.26 Å². The molecule has 0 aliphatic rings. The van der Waals surface area contributed by atoms with Gasteiger partial charge in [-0.2, -0.15) is 5.26 Å².